The van der Waals surface area contributed by atoms with E-state index in [9.17, 15) is 9.90 Å². The fourth-order valence-electron chi connectivity index (χ4n) is 4.17. The van der Waals surface area contributed by atoms with Gasteiger partial charge in [0.25, 0.3) is 0 Å². The van der Waals surface area contributed by atoms with Crippen LogP contribution < -0.4 is 20.3 Å². The van der Waals surface area contributed by atoms with Gasteiger partial charge in [0, 0.05) is 37.8 Å². The topological polar surface area (TPSA) is 108 Å². The van der Waals surface area contributed by atoms with E-state index in [0.29, 0.717) is 28.7 Å². The number of aromatic nitrogens is 3. The Bertz CT molecular complexity index is 1320. The number of likely N-dealkylation sites (N-methyl/N-ethyl adjacent to an activating group) is 2. The number of ether oxygens (including phenoxy) is 1. The minimum Gasteiger partial charge on any atom is -0.494 e. The second-order valence-electron chi connectivity index (χ2n) is 9.24. The summed E-state index contributed by atoms with van der Waals surface area (Å²) in [6.45, 7) is 9.08. The molecule has 3 N–H and O–H groups in total. The molecule has 0 unspecified atom stereocenters. The van der Waals surface area contributed by atoms with Crippen molar-refractivity contribution in [2.75, 3.05) is 56.9 Å². The molecule has 0 bridgehead atoms. The number of allylic oxidation sites excluding steroid dienone is 2. The number of rotatable bonds is 13. The van der Waals surface area contributed by atoms with Gasteiger partial charge in [0.2, 0.25) is 11.9 Å². The first kappa shape index (κ1) is 31.7. The number of amides is 1. The Hall–Kier alpha value is -3.54. The van der Waals surface area contributed by atoms with Gasteiger partial charge in [-0.1, -0.05) is 26.0 Å². The minimum atomic E-state index is -0.318. The first-order chi connectivity index (χ1) is 18.3. The number of hydrogen-bond acceptors (Lipinski definition) is 8. The Morgan fingerprint density at radius 3 is 2.54 bits per heavy atom. The summed E-state index contributed by atoms with van der Waals surface area (Å²) >= 11 is 0. The molecule has 3 aromatic rings. The van der Waals surface area contributed by atoms with Crippen molar-refractivity contribution in [3.05, 3.63) is 48.8 Å². The molecular weight excluding hydrogens is 514 g/mol. The Kier molecular flexibility index (Phi) is 11.8. The number of anilines is 4. The van der Waals surface area contributed by atoms with Crippen LogP contribution in [0.5, 0.6) is 5.75 Å². The van der Waals surface area contributed by atoms with Crippen LogP contribution in [0.1, 0.15) is 32.4 Å². The van der Waals surface area contributed by atoms with Gasteiger partial charge in [0.15, 0.2) is 0 Å². The third kappa shape index (κ3) is 7.53. The zero-order chi connectivity index (χ0) is 27.8. The Morgan fingerprint density at radius 2 is 1.95 bits per heavy atom. The SMILES string of the molecule is C=CC(=O)Nc1cc(Nc2nc(/C(=C/C)CCC)c3ccn(CO)c3n2)c(OC)cc1N(C)CCN(C)C.S. The van der Waals surface area contributed by atoms with Gasteiger partial charge < -0.3 is 34.8 Å². The first-order valence-corrected chi connectivity index (χ1v) is 12.7. The average molecular weight is 556 g/mol. The predicted molar refractivity (Wildman–Crippen MR) is 166 cm³/mol. The maximum Gasteiger partial charge on any atom is 0.247 e. The molecule has 0 saturated carbocycles. The Labute approximate surface area is 237 Å². The molecular formula is C28H41N7O3S. The normalized spacial score (nSPS) is 11.3. The van der Waals surface area contributed by atoms with Gasteiger partial charge in [0.05, 0.1) is 29.9 Å². The molecule has 11 heteroatoms. The van der Waals surface area contributed by atoms with Crippen LogP contribution in [0.3, 0.4) is 0 Å². The molecule has 0 saturated heterocycles. The molecule has 2 heterocycles. The van der Waals surface area contributed by atoms with Crippen LogP contribution in [0.25, 0.3) is 16.6 Å². The smallest absolute Gasteiger partial charge is 0.247 e. The molecule has 1 aromatic carbocycles. The van der Waals surface area contributed by atoms with Gasteiger partial charge in [-0.25, -0.2) is 4.98 Å². The van der Waals surface area contributed by atoms with E-state index < -0.39 is 0 Å². The van der Waals surface area contributed by atoms with Crippen LogP contribution in [-0.4, -0.2) is 71.8 Å². The summed E-state index contributed by atoms with van der Waals surface area (Å²) in [6, 6.07) is 5.61. The second-order valence-corrected chi connectivity index (χ2v) is 9.24. The maximum absolute atomic E-state index is 12.3. The van der Waals surface area contributed by atoms with Crippen LogP contribution in [0.15, 0.2) is 43.1 Å². The number of nitrogens with zero attached hydrogens (tertiary/aromatic N) is 5. The van der Waals surface area contributed by atoms with E-state index >= 15 is 0 Å². The van der Waals surface area contributed by atoms with Crippen molar-refractivity contribution in [3.63, 3.8) is 0 Å². The number of methoxy groups -OCH3 is 1. The van der Waals surface area contributed by atoms with Crippen LogP contribution in [-0.2, 0) is 11.5 Å². The van der Waals surface area contributed by atoms with Gasteiger partial charge in [0.1, 0.15) is 18.1 Å². The third-order valence-corrected chi connectivity index (χ3v) is 6.24. The van der Waals surface area contributed by atoms with Crippen LogP contribution in [0.4, 0.5) is 23.0 Å². The number of aliphatic hydroxyl groups excluding tert-OH is 1. The van der Waals surface area contributed by atoms with Gasteiger partial charge in [-0.3, -0.25) is 4.79 Å². The molecule has 1 amide bonds. The maximum atomic E-state index is 12.3. The lowest BCUT2D eigenvalue weighted by atomic mass is 10.0. The largest absolute Gasteiger partial charge is 0.494 e. The molecule has 39 heavy (non-hydrogen) atoms. The van der Waals surface area contributed by atoms with E-state index in [1.54, 1.807) is 17.9 Å². The highest BCUT2D eigenvalue weighted by molar-refractivity contribution is 7.59. The molecule has 10 nitrogen and oxygen atoms in total. The summed E-state index contributed by atoms with van der Waals surface area (Å²) in [5, 5.41) is 16.9. The van der Waals surface area contributed by atoms with Gasteiger partial charge in [-0.2, -0.15) is 18.5 Å². The number of benzene rings is 1. The molecule has 212 valence electrons. The van der Waals surface area contributed by atoms with Crippen molar-refractivity contribution < 1.29 is 14.6 Å². The fourth-order valence-corrected chi connectivity index (χ4v) is 4.17. The lowest BCUT2D eigenvalue weighted by Crippen LogP contribution is -2.29. The molecule has 3 rings (SSSR count). The number of aliphatic hydroxyl groups is 1. The number of nitrogens with one attached hydrogen (secondary N) is 2. The third-order valence-electron chi connectivity index (χ3n) is 6.24. The van der Waals surface area contributed by atoms with Crippen molar-refractivity contribution in [2.45, 2.75) is 33.4 Å². The highest BCUT2D eigenvalue weighted by Gasteiger charge is 2.19. The zero-order valence-electron chi connectivity index (χ0n) is 23.7. The molecule has 0 aliphatic carbocycles. The van der Waals surface area contributed by atoms with Gasteiger partial charge >= 0.3 is 0 Å². The molecule has 0 fully saturated rings. The van der Waals surface area contributed by atoms with E-state index in [2.05, 4.69) is 40.0 Å². The van der Waals surface area contributed by atoms with E-state index in [1.165, 1.54) is 6.08 Å². The lowest BCUT2D eigenvalue weighted by Gasteiger charge is -2.26. The van der Waals surface area contributed by atoms with Crippen LogP contribution in [0, 0.1) is 0 Å². The molecule has 2 aromatic heterocycles. The zero-order valence-corrected chi connectivity index (χ0v) is 24.7. The number of carbonyl (C=O) groups excluding carboxylic acids is 1. The van der Waals surface area contributed by atoms with Crippen molar-refractivity contribution in [1.29, 1.82) is 0 Å². The fraction of sp³-hybridized carbons (Fsp3) is 0.393. The van der Waals surface area contributed by atoms with Crippen LogP contribution in [0.2, 0.25) is 0 Å². The molecule has 0 atom stereocenters. The van der Waals surface area contributed by atoms with Gasteiger partial charge in [-0.05, 0) is 51.2 Å². The van der Waals surface area contributed by atoms with Crippen molar-refractivity contribution in [2.24, 2.45) is 0 Å². The van der Waals surface area contributed by atoms with Crippen molar-refractivity contribution in [1.82, 2.24) is 19.4 Å². The Balaban J connectivity index is 0.00000533. The minimum absolute atomic E-state index is 0. The number of fused-ring (bicyclic) bond motifs is 1. The highest BCUT2D eigenvalue weighted by Crippen LogP contribution is 2.38. The standard InChI is InChI=1S/C28H39N7O3.H2S/c1-8-11-19(9-2)26-20-12-13-35(18-36)27(20)32-28(31-26)30-22-16-21(29-25(37)10-3)23(17-24(22)38-7)34(6)15-14-33(4)5;/h9-10,12-13,16-17,36H,3,8,11,14-15,18H2,1-2,4-7H3,(H,29,37)(H,30,31,32);1H2/b19-9+;. The van der Waals surface area contributed by atoms with E-state index in [0.717, 1.165) is 48.3 Å². The number of carbonyl (C=O) groups is 1. The molecule has 0 aliphatic heterocycles. The second kappa shape index (κ2) is 14.6. The highest BCUT2D eigenvalue weighted by atomic mass is 32.1. The lowest BCUT2D eigenvalue weighted by molar-refractivity contribution is -0.111. The van der Waals surface area contributed by atoms with E-state index in [4.69, 9.17) is 14.7 Å². The van der Waals surface area contributed by atoms with Gasteiger partial charge in [-0.15, -0.1) is 0 Å². The quantitative estimate of drug-likeness (QED) is 0.263. The van der Waals surface area contributed by atoms with Crippen molar-refractivity contribution in [3.8, 4) is 5.75 Å². The summed E-state index contributed by atoms with van der Waals surface area (Å²) in [5.41, 5.74) is 4.52. The predicted octanol–water partition coefficient (Wildman–Crippen LogP) is 4.57. The molecule has 0 aliphatic rings. The number of hydrogen-bond donors (Lipinski definition) is 3. The summed E-state index contributed by atoms with van der Waals surface area (Å²) in [7, 11) is 7.59. The monoisotopic (exact) mass is 555 g/mol. The summed E-state index contributed by atoms with van der Waals surface area (Å²) in [4.78, 5) is 26.0. The summed E-state index contributed by atoms with van der Waals surface area (Å²) in [6.07, 6.45) is 6.93. The van der Waals surface area contributed by atoms with E-state index in [1.807, 2.05) is 46.3 Å². The van der Waals surface area contributed by atoms with Crippen LogP contribution >= 0.6 is 13.5 Å². The summed E-state index contributed by atoms with van der Waals surface area (Å²) < 4.78 is 7.40. The first-order valence-electron chi connectivity index (χ1n) is 12.7. The van der Waals surface area contributed by atoms with Crippen molar-refractivity contribution >= 4 is 59.0 Å². The summed E-state index contributed by atoms with van der Waals surface area (Å²) in [5.74, 6) is 0.599. The van der Waals surface area contributed by atoms with E-state index in [-0.39, 0.29) is 26.1 Å². The Morgan fingerprint density at radius 1 is 1.21 bits per heavy atom. The average Bonchev–Trinajstić information content (AvgIpc) is 3.33. The molecule has 0 radical (unpaired) electrons. The molecule has 0 spiro atoms.